The van der Waals surface area contributed by atoms with Gasteiger partial charge in [-0.25, -0.2) is 0 Å². The van der Waals surface area contributed by atoms with Crippen LogP contribution >= 0.6 is 0 Å². The van der Waals surface area contributed by atoms with Gasteiger partial charge in [0.1, 0.15) is 5.60 Å². The fourth-order valence-electron chi connectivity index (χ4n) is 2.30. The predicted molar refractivity (Wildman–Crippen MR) is 47.3 cm³/mol. The Balaban J connectivity index is 2.22. The second-order valence-electron chi connectivity index (χ2n) is 4.44. The molecule has 2 aliphatic rings. The van der Waals surface area contributed by atoms with Crippen LogP contribution in [0.2, 0.25) is 0 Å². The molecule has 4 nitrogen and oxygen atoms in total. The van der Waals surface area contributed by atoms with Crippen LogP contribution < -0.4 is 0 Å². The predicted octanol–water partition coefficient (Wildman–Crippen LogP) is 0.891. The summed E-state index contributed by atoms with van der Waals surface area (Å²) >= 11 is 0. The van der Waals surface area contributed by atoms with Crippen LogP contribution in [0.15, 0.2) is 0 Å². The zero-order chi connectivity index (χ0) is 10.6. The van der Waals surface area contributed by atoms with Gasteiger partial charge >= 0.3 is 11.9 Å². The van der Waals surface area contributed by atoms with Gasteiger partial charge in [-0.05, 0) is 27.2 Å². The number of rotatable bonds is 2. The van der Waals surface area contributed by atoms with Gasteiger partial charge in [-0.1, -0.05) is 0 Å². The van der Waals surface area contributed by atoms with E-state index in [9.17, 15) is 9.59 Å². The first-order valence-corrected chi connectivity index (χ1v) is 4.86. The summed E-state index contributed by atoms with van der Waals surface area (Å²) in [7, 11) is 0. The van der Waals surface area contributed by atoms with E-state index >= 15 is 0 Å². The third-order valence-corrected chi connectivity index (χ3v) is 3.16. The lowest BCUT2D eigenvalue weighted by molar-refractivity contribution is -0.163. The first kappa shape index (κ1) is 9.49. The van der Waals surface area contributed by atoms with Crippen molar-refractivity contribution in [3.63, 3.8) is 0 Å². The molecule has 4 heteroatoms. The van der Waals surface area contributed by atoms with Gasteiger partial charge in [-0.2, -0.15) is 0 Å². The summed E-state index contributed by atoms with van der Waals surface area (Å²) in [4.78, 5) is 23.1. The first-order chi connectivity index (χ1) is 6.45. The van der Waals surface area contributed by atoms with E-state index in [1.165, 1.54) is 0 Å². The van der Waals surface area contributed by atoms with Crippen LogP contribution in [0.5, 0.6) is 0 Å². The maximum absolute atomic E-state index is 11.6. The molecule has 0 spiro atoms. The highest BCUT2D eigenvalue weighted by Crippen LogP contribution is 2.65. The van der Waals surface area contributed by atoms with Gasteiger partial charge in [0.2, 0.25) is 0 Å². The molecule has 1 aliphatic heterocycles. The summed E-state index contributed by atoms with van der Waals surface area (Å²) in [6.07, 6.45) is 0.581. The van der Waals surface area contributed by atoms with Crippen LogP contribution in [-0.4, -0.2) is 24.1 Å². The topological polar surface area (TPSA) is 52.6 Å². The number of cyclic esters (lactones) is 1. The Morgan fingerprint density at radius 2 is 2.29 bits per heavy atom. The summed E-state index contributed by atoms with van der Waals surface area (Å²) in [5.74, 6) is -0.826. The molecule has 2 fully saturated rings. The Bertz CT molecular complexity index is 307. The Kier molecular flexibility index (Phi) is 1.69. The van der Waals surface area contributed by atoms with Gasteiger partial charge in [0.05, 0.1) is 6.61 Å². The molecule has 0 N–H and O–H groups in total. The molecule has 2 atom stereocenters. The number of carbonyl (C=O) groups is 2. The highest BCUT2D eigenvalue weighted by Gasteiger charge is 2.78. The van der Waals surface area contributed by atoms with Gasteiger partial charge in [0, 0.05) is 5.92 Å². The minimum atomic E-state index is -0.959. The van der Waals surface area contributed by atoms with Crippen LogP contribution in [-0.2, 0) is 19.1 Å². The average molecular weight is 198 g/mol. The van der Waals surface area contributed by atoms with Crippen molar-refractivity contribution in [1.82, 2.24) is 0 Å². The van der Waals surface area contributed by atoms with Crippen molar-refractivity contribution >= 4 is 11.9 Å². The third kappa shape index (κ3) is 0.938. The van der Waals surface area contributed by atoms with Crippen LogP contribution in [0.25, 0.3) is 0 Å². The SMILES string of the molecule is CCOC(=O)[C@@]12C[C@@H]1C(C)(C)OC2=O. The zero-order valence-corrected chi connectivity index (χ0v) is 8.62. The third-order valence-electron chi connectivity index (χ3n) is 3.16. The second-order valence-corrected chi connectivity index (χ2v) is 4.44. The van der Waals surface area contributed by atoms with Gasteiger partial charge in [-0.3, -0.25) is 9.59 Å². The van der Waals surface area contributed by atoms with E-state index in [1.54, 1.807) is 6.92 Å². The lowest BCUT2D eigenvalue weighted by Gasteiger charge is -2.18. The fourth-order valence-corrected chi connectivity index (χ4v) is 2.30. The van der Waals surface area contributed by atoms with Crippen molar-refractivity contribution in [3.05, 3.63) is 0 Å². The van der Waals surface area contributed by atoms with Crippen LogP contribution in [0.1, 0.15) is 27.2 Å². The minimum absolute atomic E-state index is 0.00144. The summed E-state index contributed by atoms with van der Waals surface area (Å²) in [6.45, 7) is 5.71. The normalized spacial score (nSPS) is 37.4. The van der Waals surface area contributed by atoms with E-state index < -0.39 is 23.0 Å². The molecule has 1 aliphatic carbocycles. The highest BCUT2D eigenvalue weighted by molar-refractivity contribution is 6.06. The lowest BCUT2D eigenvalue weighted by atomic mass is 9.98. The van der Waals surface area contributed by atoms with E-state index in [0.29, 0.717) is 13.0 Å². The Hall–Kier alpha value is -1.06. The number of fused-ring (bicyclic) bond motifs is 1. The number of hydrogen-bond acceptors (Lipinski definition) is 4. The fraction of sp³-hybridized carbons (Fsp3) is 0.800. The highest BCUT2D eigenvalue weighted by atomic mass is 16.6. The summed E-state index contributed by atoms with van der Waals surface area (Å²) in [5, 5.41) is 0. The van der Waals surface area contributed by atoms with Crippen molar-refractivity contribution in [3.8, 4) is 0 Å². The van der Waals surface area contributed by atoms with Gasteiger partial charge in [-0.15, -0.1) is 0 Å². The number of ether oxygens (including phenoxy) is 2. The van der Waals surface area contributed by atoms with Gasteiger partial charge in [0.15, 0.2) is 5.41 Å². The number of hydrogen-bond donors (Lipinski definition) is 0. The molecule has 1 saturated carbocycles. The molecule has 2 rings (SSSR count). The maximum Gasteiger partial charge on any atom is 0.324 e. The summed E-state index contributed by atoms with van der Waals surface area (Å²) < 4.78 is 10.0. The molecule has 0 radical (unpaired) electrons. The molecule has 0 aromatic rings. The molecule has 0 unspecified atom stereocenters. The molecular formula is C10H14O4. The standard InChI is InChI=1S/C10H14O4/c1-4-13-7(11)10-5-6(10)9(2,3)14-8(10)12/h6H,4-5H2,1-3H3/t6-,10-/m1/s1. The largest absolute Gasteiger partial charge is 0.465 e. The first-order valence-electron chi connectivity index (χ1n) is 4.86. The average Bonchev–Trinajstić information content (AvgIpc) is 2.75. The lowest BCUT2D eigenvalue weighted by Crippen LogP contribution is -2.27. The van der Waals surface area contributed by atoms with Crippen molar-refractivity contribution in [1.29, 1.82) is 0 Å². The zero-order valence-electron chi connectivity index (χ0n) is 8.62. The van der Waals surface area contributed by atoms with E-state index in [2.05, 4.69) is 0 Å². The molecule has 1 saturated heterocycles. The molecule has 0 aromatic carbocycles. The van der Waals surface area contributed by atoms with Crippen LogP contribution in [0.4, 0.5) is 0 Å². The monoisotopic (exact) mass is 198 g/mol. The molecule has 0 amide bonds. The van der Waals surface area contributed by atoms with Crippen LogP contribution in [0.3, 0.4) is 0 Å². The van der Waals surface area contributed by atoms with E-state index in [1.807, 2.05) is 13.8 Å². The molecule has 1 heterocycles. The Morgan fingerprint density at radius 3 is 2.64 bits per heavy atom. The van der Waals surface area contributed by atoms with Crippen molar-refractivity contribution in [2.45, 2.75) is 32.8 Å². The summed E-state index contributed by atoms with van der Waals surface area (Å²) in [5.41, 5.74) is -1.47. The number of esters is 2. The van der Waals surface area contributed by atoms with Crippen molar-refractivity contribution < 1.29 is 19.1 Å². The smallest absolute Gasteiger partial charge is 0.324 e. The second kappa shape index (κ2) is 2.49. The molecular weight excluding hydrogens is 184 g/mol. The van der Waals surface area contributed by atoms with E-state index in [0.717, 1.165) is 0 Å². The van der Waals surface area contributed by atoms with Crippen LogP contribution in [0, 0.1) is 11.3 Å². The molecule has 0 aromatic heterocycles. The maximum atomic E-state index is 11.6. The van der Waals surface area contributed by atoms with Crippen molar-refractivity contribution in [2.24, 2.45) is 11.3 Å². The molecule has 0 bridgehead atoms. The molecule has 78 valence electrons. The number of carbonyl (C=O) groups excluding carboxylic acids is 2. The van der Waals surface area contributed by atoms with Gasteiger partial charge < -0.3 is 9.47 Å². The Morgan fingerprint density at radius 1 is 1.64 bits per heavy atom. The van der Waals surface area contributed by atoms with E-state index in [4.69, 9.17) is 9.47 Å². The summed E-state index contributed by atoms with van der Waals surface area (Å²) in [6, 6.07) is 0. The minimum Gasteiger partial charge on any atom is -0.465 e. The Labute approximate surface area is 82.6 Å². The van der Waals surface area contributed by atoms with E-state index in [-0.39, 0.29) is 5.92 Å². The van der Waals surface area contributed by atoms with Gasteiger partial charge in [0.25, 0.3) is 0 Å². The quantitative estimate of drug-likeness (QED) is 0.488. The van der Waals surface area contributed by atoms with Crippen molar-refractivity contribution in [2.75, 3.05) is 6.61 Å². The molecule has 14 heavy (non-hydrogen) atoms.